The van der Waals surface area contributed by atoms with E-state index in [1.165, 1.54) is 12.1 Å². The van der Waals surface area contributed by atoms with Crippen LogP contribution in [0.25, 0.3) is 0 Å². The Kier molecular flexibility index (Phi) is 6.61. The maximum Gasteiger partial charge on any atom is 0.240 e. The molecular formula is C14H21BrFNO2S. The molecule has 6 heteroatoms. The number of sulfonamides is 1. The molecule has 1 atom stereocenters. The lowest BCUT2D eigenvalue weighted by atomic mass is 10.00. The molecule has 0 heterocycles. The molecule has 0 radical (unpaired) electrons. The van der Waals surface area contributed by atoms with Gasteiger partial charge < -0.3 is 0 Å². The van der Waals surface area contributed by atoms with Crippen LogP contribution in [0.5, 0.6) is 0 Å². The van der Waals surface area contributed by atoms with Gasteiger partial charge in [0.25, 0.3) is 0 Å². The summed E-state index contributed by atoms with van der Waals surface area (Å²) in [7, 11) is -3.68. The zero-order valence-electron chi connectivity index (χ0n) is 12.0. The van der Waals surface area contributed by atoms with Gasteiger partial charge in [-0.3, -0.25) is 0 Å². The quantitative estimate of drug-likeness (QED) is 0.750. The predicted molar refractivity (Wildman–Crippen MR) is 83.1 cm³/mol. The van der Waals surface area contributed by atoms with Gasteiger partial charge >= 0.3 is 0 Å². The molecule has 0 amide bonds. The zero-order valence-corrected chi connectivity index (χ0v) is 14.4. The van der Waals surface area contributed by atoms with E-state index in [1.807, 2.05) is 0 Å². The van der Waals surface area contributed by atoms with Crippen LogP contribution in [-0.4, -0.2) is 19.8 Å². The zero-order chi connectivity index (χ0) is 15.3. The van der Waals surface area contributed by atoms with Gasteiger partial charge in [0.05, 0.1) is 4.90 Å². The number of hydrogen-bond acceptors (Lipinski definition) is 2. The summed E-state index contributed by atoms with van der Waals surface area (Å²) in [5.74, 6) is -0.141. The Hall–Kier alpha value is -0.460. The van der Waals surface area contributed by atoms with Crippen LogP contribution < -0.4 is 4.72 Å². The van der Waals surface area contributed by atoms with E-state index < -0.39 is 15.8 Å². The molecular weight excluding hydrogens is 345 g/mol. The first-order valence-electron chi connectivity index (χ1n) is 6.71. The van der Waals surface area contributed by atoms with Crippen molar-refractivity contribution in [2.75, 3.05) is 6.54 Å². The molecule has 0 saturated heterocycles. The first kappa shape index (κ1) is 17.6. The summed E-state index contributed by atoms with van der Waals surface area (Å²) >= 11 is 3.52. The molecule has 0 saturated carbocycles. The van der Waals surface area contributed by atoms with E-state index in [4.69, 9.17) is 0 Å². The Morgan fingerprint density at radius 1 is 1.30 bits per heavy atom. The van der Waals surface area contributed by atoms with E-state index in [9.17, 15) is 12.8 Å². The first-order valence-corrected chi connectivity index (χ1v) is 9.11. The van der Waals surface area contributed by atoms with Gasteiger partial charge in [-0.15, -0.1) is 0 Å². The SMILES string of the molecule is CCC(CC)C(Br)CNS(=O)(=O)c1cc(F)ccc1C. The number of benzene rings is 1. The van der Waals surface area contributed by atoms with Gasteiger partial charge in [0.1, 0.15) is 5.82 Å². The largest absolute Gasteiger partial charge is 0.240 e. The fraction of sp³-hybridized carbons (Fsp3) is 0.571. The van der Waals surface area contributed by atoms with Crippen LogP contribution in [0.1, 0.15) is 32.3 Å². The number of nitrogens with one attached hydrogen (secondary N) is 1. The highest BCUT2D eigenvalue weighted by molar-refractivity contribution is 9.09. The van der Waals surface area contributed by atoms with Crippen molar-refractivity contribution in [3.8, 4) is 0 Å². The average Bonchev–Trinajstić information content (AvgIpc) is 2.40. The van der Waals surface area contributed by atoms with E-state index in [-0.39, 0.29) is 9.72 Å². The second-order valence-corrected chi connectivity index (χ2v) is 7.77. The molecule has 20 heavy (non-hydrogen) atoms. The Balaban J connectivity index is 2.83. The van der Waals surface area contributed by atoms with Crippen LogP contribution >= 0.6 is 15.9 Å². The van der Waals surface area contributed by atoms with Gasteiger partial charge in [0.2, 0.25) is 10.0 Å². The highest BCUT2D eigenvalue weighted by Gasteiger charge is 2.21. The van der Waals surface area contributed by atoms with Crippen LogP contribution in [0.4, 0.5) is 4.39 Å². The minimum Gasteiger partial charge on any atom is -0.210 e. The molecule has 1 rings (SSSR count). The highest BCUT2D eigenvalue weighted by atomic mass is 79.9. The Bertz CT molecular complexity index is 544. The molecule has 0 fully saturated rings. The number of alkyl halides is 1. The molecule has 0 aromatic heterocycles. The van der Waals surface area contributed by atoms with Crippen LogP contribution in [0, 0.1) is 18.7 Å². The van der Waals surface area contributed by atoms with Gasteiger partial charge in [0.15, 0.2) is 0 Å². The molecule has 0 spiro atoms. The minimum atomic E-state index is -3.68. The van der Waals surface area contributed by atoms with Crippen molar-refractivity contribution in [3.63, 3.8) is 0 Å². The van der Waals surface area contributed by atoms with Gasteiger partial charge in [-0.05, 0) is 30.5 Å². The topological polar surface area (TPSA) is 46.2 Å². The fourth-order valence-corrected chi connectivity index (χ4v) is 4.54. The maximum atomic E-state index is 13.2. The molecule has 3 nitrogen and oxygen atoms in total. The summed E-state index contributed by atoms with van der Waals surface area (Å²) in [6, 6.07) is 3.78. The van der Waals surface area contributed by atoms with E-state index in [0.29, 0.717) is 18.0 Å². The van der Waals surface area contributed by atoms with Crippen molar-refractivity contribution in [2.45, 2.75) is 43.3 Å². The number of aryl methyl sites for hydroxylation is 1. The summed E-state index contributed by atoms with van der Waals surface area (Å²) < 4.78 is 40.2. The third-order valence-electron chi connectivity index (χ3n) is 3.47. The second kappa shape index (κ2) is 7.52. The number of halogens is 2. The smallest absolute Gasteiger partial charge is 0.210 e. The molecule has 1 N–H and O–H groups in total. The van der Waals surface area contributed by atoms with Crippen LogP contribution in [-0.2, 0) is 10.0 Å². The Morgan fingerprint density at radius 2 is 1.90 bits per heavy atom. The van der Waals surface area contributed by atoms with Crippen molar-refractivity contribution in [1.29, 1.82) is 0 Å². The molecule has 1 unspecified atom stereocenters. The Labute approximate surface area is 129 Å². The van der Waals surface area contributed by atoms with Gasteiger partial charge in [-0.1, -0.05) is 48.7 Å². The van der Waals surface area contributed by atoms with Crippen LogP contribution in [0.2, 0.25) is 0 Å². The molecule has 114 valence electrons. The first-order chi connectivity index (χ1) is 9.31. The summed E-state index contributed by atoms with van der Waals surface area (Å²) in [6.07, 6.45) is 1.96. The molecule has 0 bridgehead atoms. The van der Waals surface area contributed by atoms with Gasteiger partial charge in [-0.2, -0.15) is 0 Å². The van der Waals surface area contributed by atoms with Gasteiger partial charge in [-0.25, -0.2) is 17.5 Å². The molecule has 0 aliphatic carbocycles. The summed E-state index contributed by atoms with van der Waals surface area (Å²) in [4.78, 5) is 0.0721. The lowest BCUT2D eigenvalue weighted by molar-refractivity contribution is 0.470. The average molecular weight is 366 g/mol. The lowest BCUT2D eigenvalue weighted by Gasteiger charge is -2.20. The fourth-order valence-electron chi connectivity index (χ4n) is 2.10. The lowest BCUT2D eigenvalue weighted by Crippen LogP contribution is -2.33. The monoisotopic (exact) mass is 365 g/mol. The van der Waals surface area contributed by atoms with Gasteiger partial charge in [0, 0.05) is 11.4 Å². The maximum absolute atomic E-state index is 13.2. The second-order valence-electron chi connectivity index (χ2n) is 4.85. The van der Waals surface area contributed by atoms with Crippen molar-refractivity contribution in [1.82, 2.24) is 4.72 Å². The summed E-state index contributed by atoms with van der Waals surface area (Å²) in [5, 5.41) is 0. The minimum absolute atomic E-state index is 0.00162. The van der Waals surface area contributed by atoms with Crippen molar-refractivity contribution in [2.24, 2.45) is 5.92 Å². The molecule has 0 aliphatic heterocycles. The van der Waals surface area contributed by atoms with Crippen LogP contribution in [0.15, 0.2) is 23.1 Å². The number of rotatable bonds is 7. The van der Waals surface area contributed by atoms with Crippen molar-refractivity contribution < 1.29 is 12.8 Å². The van der Waals surface area contributed by atoms with E-state index in [0.717, 1.165) is 18.9 Å². The van der Waals surface area contributed by atoms with Crippen molar-refractivity contribution in [3.05, 3.63) is 29.6 Å². The van der Waals surface area contributed by atoms with E-state index in [1.54, 1.807) is 6.92 Å². The van der Waals surface area contributed by atoms with E-state index in [2.05, 4.69) is 34.5 Å². The molecule has 0 aliphatic rings. The summed E-state index contributed by atoms with van der Waals surface area (Å²) in [6.45, 7) is 6.10. The third-order valence-corrected chi connectivity index (χ3v) is 6.11. The standard InChI is InChI=1S/C14H21BrFNO2S/c1-4-11(5-2)13(15)9-17-20(18,19)14-8-12(16)7-6-10(14)3/h6-8,11,13,17H,4-5,9H2,1-3H3. The van der Waals surface area contributed by atoms with Crippen molar-refractivity contribution >= 4 is 26.0 Å². The van der Waals surface area contributed by atoms with E-state index >= 15 is 0 Å². The third kappa shape index (κ3) is 4.53. The normalized spacial score (nSPS) is 13.7. The highest BCUT2D eigenvalue weighted by Crippen LogP contribution is 2.21. The van der Waals surface area contributed by atoms with Crippen LogP contribution in [0.3, 0.4) is 0 Å². The number of hydrogen-bond donors (Lipinski definition) is 1. The summed E-state index contributed by atoms with van der Waals surface area (Å²) in [5.41, 5.74) is 0.535. The molecule has 1 aromatic carbocycles. The Morgan fingerprint density at radius 3 is 2.45 bits per heavy atom. The molecule has 1 aromatic rings. The predicted octanol–water partition coefficient (Wildman–Crippen LogP) is 3.61.